The van der Waals surface area contributed by atoms with E-state index in [4.69, 9.17) is 16.7 Å². The van der Waals surface area contributed by atoms with Crippen LogP contribution in [0.1, 0.15) is 38.2 Å². The number of hydrogen-bond acceptors (Lipinski definition) is 2. The molecule has 1 unspecified atom stereocenters. The van der Waals surface area contributed by atoms with Gasteiger partial charge in [0.1, 0.15) is 6.04 Å². The number of nitrogens with one attached hydrogen (secondary N) is 1. The SMILES string of the molecule is CC(C)C(NC1CC(c2ccccc2Cl)C1)C(=O)O. The molecule has 1 aliphatic carbocycles. The molecule has 0 spiro atoms. The molecule has 0 bridgehead atoms. The molecule has 1 saturated carbocycles. The van der Waals surface area contributed by atoms with E-state index in [2.05, 4.69) is 11.4 Å². The van der Waals surface area contributed by atoms with E-state index < -0.39 is 12.0 Å². The minimum atomic E-state index is -0.767. The zero-order valence-electron chi connectivity index (χ0n) is 11.3. The average molecular weight is 282 g/mol. The first-order chi connectivity index (χ1) is 8.99. The number of aliphatic carboxylic acids is 1. The monoisotopic (exact) mass is 281 g/mol. The quantitative estimate of drug-likeness (QED) is 0.871. The van der Waals surface area contributed by atoms with Crippen molar-refractivity contribution < 1.29 is 9.90 Å². The zero-order chi connectivity index (χ0) is 14.0. The number of carbonyl (C=O) groups is 1. The summed E-state index contributed by atoms with van der Waals surface area (Å²) >= 11 is 6.17. The normalized spacial score (nSPS) is 24.0. The first kappa shape index (κ1) is 14.4. The van der Waals surface area contributed by atoms with Gasteiger partial charge in [-0.25, -0.2) is 0 Å². The summed E-state index contributed by atoms with van der Waals surface area (Å²) in [5.74, 6) is -0.221. The Balaban J connectivity index is 1.90. The Bertz CT molecular complexity index is 455. The molecule has 1 atom stereocenters. The van der Waals surface area contributed by atoms with E-state index in [0.29, 0.717) is 5.92 Å². The molecule has 0 saturated heterocycles. The molecule has 104 valence electrons. The molecule has 19 heavy (non-hydrogen) atoms. The fourth-order valence-electron chi connectivity index (χ4n) is 2.62. The lowest BCUT2D eigenvalue weighted by Gasteiger charge is -2.39. The van der Waals surface area contributed by atoms with E-state index >= 15 is 0 Å². The summed E-state index contributed by atoms with van der Waals surface area (Å²) in [5, 5.41) is 13.2. The van der Waals surface area contributed by atoms with Crippen molar-refractivity contribution in [2.75, 3.05) is 0 Å². The van der Waals surface area contributed by atoms with Crippen molar-refractivity contribution in [1.29, 1.82) is 0 Å². The van der Waals surface area contributed by atoms with Gasteiger partial charge < -0.3 is 10.4 Å². The van der Waals surface area contributed by atoms with Crippen LogP contribution in [0.25, 0.3) is 0 Å². The van der Waals surface area contributed by atoms with Crippen LogP contribution in [0.2, 0.25) is 5.02 Å². The maximum atomic E-state index is 11.1. The average Bonchev–Trinajstić information content (AvgIpc) is 2.28. The minimum Gasteiger partial charge on any atom is -0.480 e. The molecule has 0 aliphatic heterocycles. The maximum absolute atomic E-state index is 11.1. The topological polar surface area (TPSA) is 49.3 Å². The van der Waals surface area contributed by atoms with Crippen LogP contribution in [-0.4, -0.2) is 23.2 Å². The van der Waals surface area contributed by atoms with Crippen molar-refractivity contribution in [1.82, 2.24) is 5.32 Å². The summed E-state index contributed by atoms with van der Waals surface area (Å²) in [6.45, 7) is 3.85. The van der Waals surface area contributed by atoms with Gasteiger partial charge in [0.05, 0.1) is 0 Å². The second-order valence-electron chi connectivity index (χ2n) is 5.61. The molecule has 3 nitrogen and oxygen atoms in total. The number of carboxylic acid groups (broad SMARTS) is 1. The van der Waals surface area contributed by atoms with Crippen molar-refractivity contribution in [2.45, 2.75) is 44.7 Å². The van der Waals surface area contributed by atoms with Crippen LogP contribution < -0.4 is 5.32 Å². The molecule has 4 heteroatoms. The van der Waals surface area contributed by atoms with Gasteiger partial charge in [-0.1, -0.05) is 43.6 Å². The molecule has 1 aliphatic rings. The third kappa shape index (κ3) is 3.28. The van der Waals surface area contributed by atoms with Gasteiger partial charge in [0.15, 0.2) is 0 Å². The number of hydrogen-bond donors (Lipinski definition) is 2. The van der Waals surface area contributed by atoms with Gasteiger partial charge in [0.2, 0.25) is 0 Å². The summed E-state index contributed by atoms with van der Waals surface area (Å²) in [5.41, 5.74) is 1.18. The smallest absolute Gasteiger partial charge is 0.320 e. The highest BCUT2D eigenvalue weighted by molar-refractivity contribution is 6.31. The third-order valence-electron chi connectivity index (χ3n) is 3.83. The highest BCUT2D eigenvalue weighted by atomic mass is 35.5. The molecule has 1 aromatic rings. The van der Waals surface area contributed by atoms with E-state index in [1.807, 2.05) is 32.0 Å². The lowest BCUT2D eigenvalue weighted by atomic mass is 9.75. The van der Waals surface area contributed by atoms with Crippen LogP contribution in [0.5, 0.6) is 0 Å². The molecule has 1 aromatic carbocycles. The second kappa shape index (κ2) is 5.93. The second-order valence-corrected chi connectivity index (χ2v) is 6.02. The van der Waals surface area contributed by atoms with Crippen LogP contribution in [-0.2, 0) is 4.79 Å². The standard InChI is InChI=1S/C15H20ClNO2/c1-9(2)14(15(18)19)17-11-7-10(8-11)12-5-3-4-6-13(12)16/h3-6,9-11,14,17H,7-8H2,1-2H3,(H,18,19). The van der Waals surface area contributed by atoms with Gasteiger partial charge in [0.25, 0.3) is 0 Å². The van der Waals surface area contributed by atoms with Crippen molar-refractivity contribution in [3.05, 3.63) is 34.9 Å². The minimum absolute atomic E-state index is 0.0943. The van der Waals surface area contributed by atoms with Gasteiger partial charge in [-0.05, 0) is 36.3 Å². The first-order valence-electron chi connectivity index (χ1n) is 6.72. The van der Waals surface area contributed by atoms with E-state index in [0.717, 1.165) is 17.9 Å². The van der Waals surface area contributed by atoms with E-state index in [-0.39, 0.29) is 12.0 Å². The summed E-state index contributed by atoms with van der Waals surface area (Å²) < 4.78 is 0. The van der Waals surface area contributed by atoms with E-state index in [1.165, 1.54) is 5.56 Å². The van der Waals surface area contributed by atoms with Gasteiger partial charge in [-0.2, -0.15) is 0 Å². The Morgan fingerprint density at radius 1 is 1.37 bits per heavy atom. The predicted octanol–water partition coefficient (Wildman–Crippen LogP) is 3.28. The van der Waals surface area contributed by atoms with Crippen molar-refractivity contribution in [3.8, 4) is 0 Å². The van der Waals surface area contributed by atoms with Crippen LogP contribution in [0.3, 0.4) is 0 Å². The molecule has 2 N–H and O–H groups in total. The molecule has 0 radical (unpaired) electrons. The van der Waals surface area contributed by atoms with E-state index in [9.17, 15) is 4.79 Å². The lowest BCUT2D eigenvalue weighted by molar-refractivity contribution is -0.141. The maximum Gasteiger partial charge on any atom is 0.320 e. The van der Waals surface area contributed by atoms with E-state index in [1.54, 1.807) is 0 Å². The van der Waals surface area contributed by atoms with Crippen LogP contribution in [0.15, 0.2) is 24.3 Å². The summed E-state index contributed by atoms with van der Waals surface area (Å²) in [4.78, 5) is 11.1. The molecule has 1 fully saturated rings. The predicted molar refractivity (Wildman–Crippen MR) is 76.6 cm³/mol. The number of carboxylic acids is 1. The van der Waals surface area contributed by atoms with Crippen LogP contribution >= 0.6 is 11.6 Å². The Kier molecular flexibility index (Phi) is 4.48. The fraction of sp³-hybridized carbons (Fsp3) is 0.533. The first-order valence-corrected chi connectivity index (χ1v) is 7.10. The summed E-state index contributed by atoms with van der Waals surface area (Å²) in [6.07, 6.45) is 1.92. The Hall–Kier alpha value is -1.06. The van der Waals surface area contributed by atoms with Crippen LogP contribution in [0, 0.1) is 5.92 Å². The van der Waals surface area contributed by atoms with Crippen LogP contribution in [0.4, 0.5) is 0 Å². The Morgan fingerprint density at radius 2 is 2.00 bits per heavy atom. The van der Waals surface area contributed by atoms with Gasteiger partial charge in [-0.15, -0.1) is 0 Å². The zero-order valence-corrected chi connectivity index (χ0v) is 12.0. The molecule has 0 heterocycles. The fourth-order valence-corrected chi connectivity index (χ4v) is 2.91. The Morgan fingerprint density at radius 3 is 2.53 bits per heavy atom. The molecule has 0 amide bonds. The summed E-state index contributed by atoms with van der Waals surface area (Å²) in [7, 11) is 0. The highest BCUT2D eigenvalue weighted by Crippen LogP contribution is 2.40. The van der Waals surface area contributed by atoms with Gasteiger partial charge >= 0.3 is 5.97 Å². The number of rotatable bonds is 5. The lowest BCUT2D eigenvalue weighted by Crippen LogP contribution is -2.51. The Labute approximate surface area is 119 Å². The number of halogens is 1. The third-order valence-corrected chi connectivity index (χ3v) is 4.18. The van der Waals surface area contributed by atoms with Gasteiger partial charge in [0, 0.05) is 11.1 Å². The highest BCUT2D eigenvalue weighted by Gasteiger charge is 2.34. The van der Waals surface area contributed by atoms with Crippen molar-refractivity contribution in [2.24, 2.45) is 5.92 Å². The molecular formula is C15H20ClNO2. The molecular weight excluding hydrogens is 262 g/mol. The molecule has 2 rings (SSSR count). The largest absolute Gasteiger partial charge is 0.480 e. The molecule has 0 aromatic heterocycles. The number of benzene rings is 1. The van der Waals surface area contributed by atoms with Crippen molar-refractivity contribution in [3.63, 3.8) is 0 Å². The summed E-state index contributed by atoms with van der Waals surface area (Å²) in [6, 6.07) is 7.71. The van der Waals surface area contributed by atoms with Gasteiger partial charge in [-0.3, -0.25) is 4.79 Å². The van der Waals surface area contributed by atoms with Crippen molar-refractivity contribution >= 4 is 17.6 Å².